The summed E-state index contributed by atoms with van der Waals surface area (Å²) in [5, 5.41) is 7.80. The van der Waals surface area contributed by atoms with E-state index in [2.05, 4.69) is 215 Å². The number of rotatable bonds is 2. The summed E-state index contributed by atoms with van der Waals surface area (Å²) in [6, 6.07) is 63.2. The zero-order valence-electron chi connectivity index (χ0n) is 37.4. The van der Waals surface area contributed by atoms with E-state index in [-0.39, 0.29) is 17.7 Å². The van der Waals surface area contributed by atoms with Crippen molar-refractivity contribution in [2.45, 2.75) is 52.4 Å². The quantitative estimate of drug-likeness (QED) is 0.160. The predicted molar refractivity (Wildman–Crippen MR) is 284 cm³/mol. The van der Waals surface area contributed by atoms with Crippen LogP contribution in [0.3, 0.4) is 0 Å². The molecule has 3 aliphatic rings. The van der Waals surface area contributed by atoms with Gasteiger partial charge in [-0.1, -0.05) is 144 Å². The maximum atomic E-state index is 2.73. The molecule has 2 nitrogen and oxygen atoms in total. The molecule has 0 spiro atoms. The first kappa shape index (κ1) is 37.7. The first-order valence-electron chi connectivity index (χ1n) is 22.9. The molecule has 0 radical (unpaired) electrons. The largest absolute Gasteiger partial charge is 0.376 e. The van der Waals surface area contributed by atoms with Crippen molar-refractivity contribution < 1.29 is 0 Å². The van der Waals surface area contributed by atoms with E-state index in [4.69, 9.17) is 0 Å². The molecular formula is C60H45BN2S2. The molecular weight excluding hydrogens is 824 g/mol. The van der Waals surface area contributed by atoms with Gasteiger partial charge in [0.15, 0.2) is 0 Å². The van der Waals surface area contributed by atoms with Gasteiger partial charge in [-0.15, -0.1) is 22.7 Å². The summed E-state index contributed by atoms with van der Waals surface area (Å²) >= 11 is 3.86. The summed E-state index contributed by atoms with van der Waals surface area (Å²) < 4.78 is 5.33. The minimum Gasteiger partial charge on any atom is -0.376 e. The van der Waals surface area contributed by atoms with Crippen molar-refractivity contribution in [3.8, 4) is 22.3 Å². The van der Waals surface area contributed by atoms with Crippen LogP contribution in [-0.4, -0.2) is 6.85 Å². The van der Waals surface area contributed by atoms with Gasteiger partial charge in [0.2, 0.25) is 0 Å². The number of anilines is 5. The lowest BCUT2D eigenvalue weighted by atomic mass is 9.43. The summed E-state index contributed by atoms with van der Waals surface area (Å²) in [6.07, 6.45) is 0. The highest BCUT2D eigenvalue weighted by atomic mass is 32.1. The minimum atomic E-state index is -0.143. The van der Waals surface area contributed by atoms with Gasteiger partial charge in [-0.25, -0.2) is 0 Å². The van der Waals surface area contributed by atoms with E-state index in [0.717, 1.165) is 0 Å². The second-order valence-electron chi connectivity index (χ2n) is 20.1. The maximum absolute atomic E-state index is 2.73. The number of hydrogen-bond acceptors (Lipinski definition) is 4. The molecule has 0 fully saturated rings. The predicted octanol–water partition coefficient (Wildman–Crippen LogP) is 16.2. The fourth-order valence-electron chi connectivity index (χ4n) is 11.9. The fourth-order valence-corrected chi connectivity index (χ4v) is 14.2. The molecule has 14 rings (SSSR count). The summed E-state index contributed by atoms with van der Waals surface area (Å²) in [4.78, 5) is 5.38. The van der Waals surface area contributed by atoms with Crippen LogP contribution in [0.2, 0.25) is 0 Å². The van der Waals surface area contributed by atoms with Gasteiger partial charge in [-0.05, 0) is 122 Å². The van der Waals surface area contributed by atoms with Gasteiger partial charge in [0, 0.05) is 85.3 Å². The molecule has 2 aliphatic heterocycles. The van der Waals surface area contributed by atoms with Gasteiger partial charge in [-0.3, -0.25) is 0 Å². The topological polar surface area (TPSA) is 6.48 Å². The number of hydrogen-bond donors (Lipinski definition) is 0. The summed E-state index contributed by atoms with van der Waals surface area (Å²) in [7, 11) is 0. The molecule has 0 saturated carbocycles. The maximum Gasteiger partial charge on any atom is 0.333 e. The molecule has 0 saturated heterocycles. The Hall–Kier alpha value is -6.66. The molecule has 0 N–H and O–H groups in total. The molecule has 2 aromatic heterocycles. The van der Waals surface area contributed by atoms with Crippen molar-refractivity contribution in [2.75, 3.05) is 9.71 Å². The lowest BCUT2D eigenvalue weighted by Crippen LogP contribution is -2.61. The average Bonchev–Trinajstić information content (AvgIpc) is 3.94. The zero-order chi connectivity index (χ0) is 43.7. The van der Waals surface area contributed by atoms with Gasteiger partial charge in [0.1, 0.15) is 0 Å². The number of nitrogens with zero attached hydrogens (tertiary/aromatic N) is 2. The molecule has 0 atom stereocenters. The zero-order valence-corrected chi connectivity index (χ0v) is 39.0. The summed E-state index contributed by atoms with van der Waals surface area (Å²) in [5.74, 6) is 0. The third-order valence-electron chi connectivity index (χ3n) is 15.1. The van der Waals surface area contributed by atoms with Crippen LogP contribution in [-0.2, 0) is 10.8 Å². The van der Waals surface area contributed by atoms with E-state index in [1.807, 2.05) is 22.7 Å². The second kappa shape index (κ2) is 13.0. The van der Waals surface area contributed by atoms with Crippen LogP contribution in [0.5, 0.6) is 0 Å². The van der Waals surface area contributed by atoms with Crippen molar-refractivity contribution in [2.24, 2.45) is 0 Å². The third kappa shape index (κ3) is 5.11. The van der Waals surface area contributed by atoms with Crippen LogP contribution >= 0.6 is 22.7 Å². The molecule has 1 aliphatic carbocycles. The highest BCUT2D eigenvalue weighted by molar-refractivity contribution is 7.27. The van der Waals surface area contributed by atoms with E-state index in [1.165, 1.54) is 135 Å². The third-order valence-corrected chi connectivity index (χ3v) is 17.4. The Balaban J connectivity index is 1.16. The highest BCUT2D eigenvalue weighted by Crippen LogP contribution is 2.55. The van der Waals surface area contributed by atoms with Crippen LogP contribution in [0, 0.1) is 6.92 Å². The lowest BCUT2D eigenvalue weighted by Gasteiger charge is -2.46. The Morgan fingerprint density at radius 3 is 1.98 bits per heavy atom. The molecule has 0 bridgehead atoms. The van der Waals surface area contributed by atoms with Gasteiger partial charge >= 0.3 is 6.85 Å². The summed E-state index contributed by atoms with van der Waals surface area (Å²) in [6.45, 7) is 14.0. The Morgan fingerprint density at radius 2 is 1.20 bits per heavy atom. The number of aryl methyl sites for hydroxylation is 1. The van der Waals surface area contributed by atoms with Crippen LogP contribution < -0.4 is 20.6 Å². The summed E-state index contributed by atoms with van der Waals surface area (Å²) in [5.41, 5.74) is 19.6. The molecule has 11 aromatic rings. The van der Waals surface area contributed by atoms with Gasteiger partial charge in [0.05, 0.1) is 0 Å². The van der Waals surface area contributed by atoms with E-state index in [9.17, 15) is 0 Å². The van der Waals surface area contributed by atoms with E-state index < -0.39 is 0 Å². The standard InChI is InChI=1S/C60H45BN2S2/c1-34-27-37(59(2,3)4)23-26-49(34)62-51-33-55-43(41-18-10-13-21-53(41)64-55)31-48(51)61-57-52(62)32-44-42-19-11-14-22-54(42)65-58(44)56(57)45-28-35-15-7-8-16-36(35)29-50(45)63(61)38-24-25-40-39-17-9-12-20-46(39)60(5,6)47(40)30-38/h7-33H,1-6H3. The van der Waals surface area contributed by atoms with Gasteiger partial charge in [0.25, 0.3) is 0 Å². The van der Waals surface area contributed by atoms with E-state index >= 15 is 0 Å². The number of fused-ring (bicyclic) bond motifs is 15. The van der Waals surface area contributed by atoms with Gasteiger partial charge in [-0.2, -0.15) is 0 Å². The smallest absolute Gasteiger partial charge is 0.333 e. The van der Waals surface area contributed by atoms with Gasteiger partial charge < -0.3 is 9.71 Å². The molecule has 310 valence electrons. The van der Waals surface area contributed by atoms with Crippen molar-refractivity contribution in [3.63, 3.8) is 0 Å². The minimum absolute atomic E-state index is 0.0316. The lowest BCUT2D eigenvalue weighted by molar-refractivity contribution is 0.590. The first-order valence-corrected chi connectivity index (χ1v) is 24.6. The second-order valence-corrected chi connectivity index (χ2v) is 22.3. The molecule has 65 heavy (non-hydrogen) atoms. The molecule has 0 amide bonds. The highest BCUT2D eigenvalue weighted by Gasteiger charge is 2.47. The van der Waals surface area contributed by atoms with Crippen molar-refractivity contribution in [1.82, 2.24) is 0 Å². The Morgan fingerprint density at radius 1 is 0.508 bits per heavy atom. The molecule has 0 unspecified atom stereocenters. The van der Waals surface area contributed by atoms with Crippen molar-refractivity contribution >= 4 is 120 Å². The normalized spacial score (nSPS) is 14.6. The SMILES string of the molecule is Cc1cc(C(C)(C)C)ccc1N1c2cc3sc4ccccc4c3cc2B2c3c1cc1c(sc4ccccc41)c3-c1cc3ccccc3cc1N2c1ccc2c(c1)C(C)(C)c1ccccc1-2. The fraction of sp³-hybridized carbons (Fsp3) is 0.133. The molecule has 5 heteroatoms. The monoisotopic (exact) mass is 868 g/mol. The Kier molecular flexibility index (Phi) is 7.54. The van der Waals surface area contributed by atoms with Crippen molar-refractivity contribution in [1.29, 1.82) is 0 Å². The Bertz CT molecular complexity index is 3900. The number of benzene rings is 9. The molecule has 4 heterocycles. The average molecular weight is 869 g/mol. The van der Waals surface area contributed by atoms with E-state index in [0.29, 0.717) is 0 Å². The van der Waals surface area contributed by atoms with E-state index in [1.54, 1.807) is 0 Å². The van der Waals surface area contributed by atoms with Crippen LogP contribution in [0.1, 0.15) is 56.9 Å². The van der Waals surface area contributed by atoms with Crippen molar-refractivity contribution in [3.05, 3.63) is 186 Å². The Labute approximate surface area is 388 Å². The molecule has 9 aromatic carbocycles. The first-order chi connectivity index (χ1) is 31.5. The van der Waals surface area contributed by atoms with Crippen LogP contribution in [0.4, 0.5) is 28.4 Å². The number of thiophene rings is 2. The van der Waals surface area contributed by atoms with Crippen LogP contribution in [0.25, 0.3) is 73.4 Å². The van der Waals surface area contributed by atoms with Crippen LogP contribution in [0.15, 0.2) is 164 Å².